The number of hydrogen-bond donors (Lipinski definition) is 0. The van der Waals surface area contributed by atoms with Crippen molar-refractivity contribution in [3.8, 4) is 0 Å². The molecule has 0 radical (unpaired) electrons. The first kappa shape index (κ1) is 20.1. The van der Waals surface area contributed by atoms with E-state index in [2.05, 4.69) is 9.98 Å². The summed E-state index contributed by atoms with van der Waals surface area (Å²) >= 11 is 0. The minimum Gasteiger partial charge on any atom is -0.255 e. The highest BCUT2D eigenvalue weighted by Gasteiger charge is 2.62. The Bertz CT molecular complexity index is 828. The molecule has 0 saturated heterocycles. The van der Waals surface area contributed by atoms with Crippen LogP contribution in [0.3, 0.4) is 0 Å². The minimum atomic E-state index is -5.73. The van der Waals surface area contributed by atoms with Gasteiger partial charge in [0.15, 0.2) is 0 Å². The van der Waals surface area contributed by atoms with Crippen molar-refractivity contribution < 1.29 is 26.2 Å². The first-order valence-electron chi connectivity index (χ1n) is 8.54. The number of benzene rings is 1. The molecule has 9 heteroatoms. The Morgan fingerprint density at radius 2 is 1.78 bits per heavy atom. The lowest BCUT2D eigenvalue weighted by Crippen LogP contribution is -2.42. The van der Waals surface area contributed by atoms with Crippen molar-refractivity contribution in [3.63, 3.8) is 0 Å². The molecular weight excluding hydrogens is 387 g/mol. The molecule has 1 heterocycles. The smallest absolute Gasteiger partial charge is 0.255 e. The van der Waals surface area contributed by atoms with Crippen LogP contribution in [0.15, 0.2) is 27.0 Å². The van der Waals surface area contributed by atoms with Gasteiger partial charge in [0.2, 0.25) is 5.84 Å². The van der Waals surface area contributed by atoms with Crippen molar-refractivity contribution in [1.82, 2.24) is 0 Å². The summed E-state index contributed by atoms with van der Waals surface area (Å²) in [6.07, 6.45) is -2.44. The van der Waals surface area contributed by atoms with E-state index in [9.17, 15) is 26.2 Å². The summed E-state index contributed by atoms with van der Waals surface area (Å²) in [6, 6.07) is 2.71. The van der Waals surface area contributed by atoms with E-state index in [4.69, 9.17) is 0 Å². The normalized spacial score (nSPS) is 21.4. The minimum absolute atomic E-state index is 0.126. The molecule has 3 rings (SSSR count). The molecule has 1 fully saturated rings. The predicted molar refractivity (Wildman–Crippen MR) is 94.3 cm³/mol. The number of hydrogen-bond acceptors (Lipinski definition) is 3. The molecule has 2 aliphatic rings. The van der Waals surface area contributed by atoms with Crippen LogP contribution in [0.4, 0.5) is 22.0 Å². The number of nitrogens with zero attached hydrogens (tertiary/aromatic N) is 2. The third-order valence-electron chi connectivity index (χ3n) is 4.69. The second-order valence-electron chi connectivity index (χ2n) is 7.07. The van der Waals surface area contributed by atoms with Gasteiger partial charge in [-0.05, 0) is 55.4 Å². The average molecular weight is 406 g/mol. The molecule has 0 bridgehead atoms. The van der Waals surface area contributed by atoms with Gasteiger partial charge in [-0.1, -0.05) is 6.07 Å². The Hall–Kier alpha value is -1.64. The fourth-order valence-electron chi connectivity index (χ4n) is 2.92. The maximum Gasteiger partial charge on any atom is 0.461 e. The van der Waals surface area contributed by atoms with Crippen molar-refractivity contribution in [1.29, 1.82) is 0 Å². The molecular formula is C18H19F5N2OS. The average Bonchev–Trinajstić information content (AvgIpc) is 3.23. The lowest BCUT2D eigenvalue weighted by molar-refractivity contribution is -0.249. The van der Waals surface area contributed by atoms with E-state index in [1.807, 2.05) is 19.9 Å². The van der Waals surface area contributed by atoms with Crippen molar-refractivity contribution in [2.24, 2.45) is 15.9 Å². The molecule has 1 aliphatic heterocycles. The lowest BCUT2D eigenvalue weighted by Gasteiger charge is -2.17. The van der Waals surface area contributed by atoms with Gasteiger partial charge in [-0.3, -0.25) is 9.20 Å². The molecule has 2 unspecified atom stereocenters. The summed E-state index contributed by atoms with van der Waals surface area (Å²) in [7, 11) is -1.16. The standard InChI is InChI=1S/C18H19F5N2OS/c1-10-5-11(2)15(27(26)9-12-3-4-12)7-13(10)6-14-8-24-16(25-14)17(19,20)18(21,22)23/h5,7-8,12,14H,3-4,6,9H2,1-2H3. The van der Waals surface area contributed by atoms with E-state index in [-0.39, 0.29) is 6.42 Å². The molecule has 1 aliphatic carbocycles. The van der Waals surface area contributed by atoms with Crippen molar-refractivity contribution in [3.05, 3.63) is 28.8 Å². The highest BCUT2D eigenvalue weighted by atomic mass is 32.2. The number of amidine groups is 1. The molecule has 1 aromatic rings. The maximum atomic E-state index is 13.4. The highest BCUT2D eigenvalue weighted by molar-refractivity contribution is 7.85. The molecule has 2 atom stereocenters. The second kappa shape index (κ2) is 7.07. The summed E-state index contributed by atoms with van der Waals surface area (Å²) < 4.78 is 76.7. The van der Waals surface area contributed by atoms with Gasteiger partial charge >= 0.3 is 12.1 Å². The lowest BCUT2D eigenvalue weighted by atomic mass is 10.00. The Balaban J connectivity index is 1.80. The molecule has 0 spiro atoms. The largest absolute Gasteiger partial charge is 0.461 e. The molecule has 27 heavy (non-hydrogen) atoms. The molecule has 0 N–H and O–H groups in total. The Morgan fingerprint density at radius 3 is 2.37 bits per heavy atom. The summed E-state index contributed by atoms with van der Waals surface area (Å²) in [6.45, 7) is 3.67. The zero-order valence-electron chi connectivity index (χ0n) is 14.8. The number of halogens is 5. The second-order valence-corrected chi connectivity index (χ2v) is 8.54. The van der Waals surface area contributed by atoms with E-state index >= 15 is 0 Å². The fourth-order valence-corrected chi connectivity index (χ4v) is 4.55. The van der Waals surface area contributed by atoms with Crippen LogP contribution in [0.2, 0.25) is 0 Å². The Morgan fingerprint density at radius 1 is 1.11 bits per heavy atom. The number of aliphatic imine (C=N–C) groups is 2. The Kier molecular flexibility index (Phi) is 5.26. The number of alkyl halides is 5. The van der Waals surface area contributed by atoms with Gasteiger partial charge in [-0.15, -0.1) is 0 Å². The molecule has 0 aromatic heterocycles. The van der Waals surface area contributed by atoms with Gasteiger partial charge < -0.3 is 0 Å². The summed E-state index contributed by atoms with van der Waals surface area (Å²) in [5.74, 6) is -5.51. The van der Waals surface area contributed by atoms with Crippen molar-refractivity contribution in [2.75, 3.05) is 5.75 Å². The van der Waals surface area contributed by atoms with Crippen molar-refractivity contribution in [2.45, 2.75) is 56.1 Å². The number of rotatable bonds is 6. The summed E-state index contributed by atoms with van der Waals surface area (Å²) in [5, 5.41) is 0. The summed E-state index contributed by atoms with van der Waals surface area (Å²) in [4.78, 5) is 7.35. The number of aryl methyl sites for hydroxylation is 2. The zero-order valence-corrected chi connectivity index (χ0v) is 15.6. The topological polar surface area (TPSA) is 41.8 Å². The van der Waals surface area contributed by atoms with E-state index < -0.39 is 34.8 Å². The van der Waals surface area contributed by atoms with Crippen LogP contribution in [0, 0.1) is 19.8 Å². The van der Waals surface area contributed by atoms with Crippen LogP contribution in [-0.2, 0) is 17.2 Å². The van der Waals surface area contributed by atoms with E-state index in [0.29, 0.717) is 16.6 Å². The van der Waals surface area contributed by atoms with Crippen LogP contribution in [0.5, 0.6) is 0 Å². The van der Waals surface area contributed by atoms with Crippen LogP contribution in [0.25, 0.3) is 0 Å². The van der Waals surface area contributed by atoms with Crippen LogP contribution < -0.4 is 0 Å². The monoisotopic (exact) mass is 406 g/mol. The highest BCUT2D eigenvalue weighted by Crippen LogP contribution is 2.38. The van der Waals surface area contributed by atoms with Gasteiger partial charge in [0.1, 0.15) is 0 Å². The first-order valence-corrected chi connectivity index (χ1v) is 9.86. The zero-order chi connectivity index (χ0) is 20.0. The van der Waals surface area contributed by atoms with Gasteiger partial charge in [-0.2, -0.15) is 22.0 Å². The van der Waals surface area contributed by atoms with E-state index in [0.717, 1.165) is 35.7 Å². The first-order chi connectivity index (χ1) is 12.5. The van der Waals surface area contributed by atoms with Crippen LogP contribution in [-0.4, -0.2) is 40.2 Å². The fraction of sp³-hybridized carbons (Fsp3) is 0.556. The van der Waals surface area contributed by atoms with Crippen LogP contribution >= 0.6 is 0 Å². The van der Waals surface area contributed by atoms with Crippen molar-refractivity contribution >= 4 is 22.8 Å². The SMILES string of the molecule is Cc1cc(C)c(S(=O)CC2CC2)cc1CC1C=NC(C(F)(F)C(F)(F)F)=N1. The molecule has 0 amide bonds. The molecule has 148 valence electrons. The molecule has 3 nitrogen and oxygen atoms in total. The molecule has 1 aromatic carbocycles. The third kappa shape index (κ3) is 4.28. The summed E-state index contributed by atoms with van der Waals surface area (Å²) in [5.41, 5.74) is 2.44. The Labute approximate surface area is 156 Å². The van der Waals surface area contributed by atoms with Gasteiger partial charge in [0.25, 0.3) is 0 Å². The van der Waals surface area contributed by atoms with E-state index in [1.165, 1.54) is 0 Å². The van der Waals surface area contributed by atoms with E-state index in [1.54, 1.807) is 6.07 Å². The van der Waals surface area contributed by atoms with Gasteiger partial charge in [0.05, 0.1) is 16.8 Å². The third-order valence-corrected chi connectivity index (χ3v) is 6.39. The van der Waals surface area contributed by atoms with Gasteiger partial charge in [-0.25, -0.2) is 4.99 Å². The quantitative estimate of drug-likeness (QED) is 0.645. The van der Waals surface area contributed by atoms with Gasteiger partial charge in [0, 0.05) is 23.3 Å². The van der Waals surface area contributed by atoms with Crippen LogP contribution in [0.1, 0.15) is 29.5 Å². The maximum absolute atomic E-state index is 13.4. The molecule has 1 saturated carbocycles. The predicted octanol–water partition coefficient (Wildman–Crippen LogP) is 4.41.